The number of rotatable bonds is 9. The van der Waals surface area contributed by atoms with Gasteiger partial charge < -0.3 is 16.4 Å². The molecule has 0 bridgehead atoms. The zero-order chi connectivity index (χ0) is 26.5. The molecule has 196 valence electrons. The smallest absolute Gasteiger partial charge is 0.230 e. The summed E-state index contributed by atoms with van der Waals surface area (Å²) < 4.78 is 13.4. The lowest BCUT2D eigenvalue weighted by atomic mass is 9.63. The first-order chi connectivity index (χ1) is 16.9. The number of hydrogen-bond acceptors (Lipinski definition) is 4. The summed E-state index contributed by atoms with van der Waals surface area (Å²) in [5.41, 5.74) is 7.51. The average molecular weight is 513 g/mol. The molecule has 0 spiro atoms. The van der Waals surface area contributed by atoms with Gasteiger partial charge in [-0.05, 0) is 87.1 Å². The minimum absolute atomic E-state index is 0.0419. The summed E-state index contributed by atoms with van der Waals surface area (Å²) >= 11 is 5.73. The van der Waals surface area contributed by atoms with Gasteiger partial charge in [0.15, 0.2) is 0 Å². The van der Waals surface area contributed by atoms with E-state index in [1.54, 1.807) is 24.5 Å². The summed E-state index contributed by atoms with van der Waals surface area (Å²) in [5, 5.41) is 6.49. The molecule has 1 saturated carbocycles. The molecule has 1 aliphatic carbocycles. The number of nitrogens with one attached hydrogen (secondary N) is 2. The molecular weight excluding hydrogens is 471 g/mol. The lowest BCUT2D eigenvalue weighted by Gasteiger charge is -2.44. The van der Waals surface area contributed by atoms with E-state index in [2.05, 4.69) is 36.4 Å². The molecule has 4 N–H and O–H groups in total. The average Bonchev–Trinajstić information content (AvgIpc) is 2.82. The van der Waals surface area contributed by atoms with Gasteiger partial charge in [-0.3, -0.25) is 9.78 Å². The number of anilines is 1. The second kappa shape index (κ2) is 11.8. The minimum Gasteiger partial charge on any atom is -0.377 e. The summed E-state index contributed by atoms with van der Waals surface area (Å²) in [5.74, 6) is 0.963. The Morgan fingerprint density at radius 3 is 2.44 bits per heavy atom. The van der Waals surface area contributed by atoms with Gasteiger partial charge in [0, 0.05) is 41.5 Å². The Morgan fingerprint density at radius 2 is 1.83 bits per heavy atom. The normalized spacial score (nSPS) is 23.2. The molecule has 0 saturated heterocycles. The summed E-state index contributed by atoms with van der Waals surface area (Å²) in [6.07, 6.45) is 7.03. The van der Waals surface area contributed by atoms with Crippen molar-refractivity contribution in [2.45, 2.75) is 71.8 Å². The second-order valence-corrected chi connectivity index (χ2v) is 12.1. The highest BCUT2D eigenvalue weighted by Crippen LogP contribution is 2.46. The Labute approximate surface area is 220 Å². The van der Waals surface area contributed by atoms with Gasteiger partial charge in [-0.15, -0.1) is 0 Å². The lowest BCUT2D eigenvalue weighted by Crippen LogP contribution is -2.50. The highest BCUT2D eigenvalue weighted by molar-refractivity contribution is 7.80. The van der Waals surface area contributed by atoms with Crippen LogP contribution < -0.4 is 16.4 Å². The molecule has 1 amide bonds. The van der Waals surface area contributed by atoms with Crippen LogP contribution in [-0.4, -0.2) is 28.5 Å². The molecule has 7 heteroatoms. The third-order valence-corrected chi connectivity index (χ3v) is 8.27. The van der Waals surface area contributed by atoms with Crippen LogP contribution in [0, 0.1) is 29.0 Å². The monoisotopic (exact) mass is 512 g/mol. The molecule has 0 aliphatic heterocycles. The number of halogens is 1. The quantitative estimate of drug-likeness (QED) is 0.367. The second-order valence-electron chi connectivity index (χ2n) is 11.7. The maximum atomic E-state index is 13.4. The molecule has 1 aromatic carbocycles. The molecule has 3 rings (SSSR count). The van der Waals surface area contributed by atoms with Crippen LogP contribution >= 0.6 is 12.2 Å². The number of thiocarbonyl (C=S) groups is 1. The van der Waals surface area contributed by atoms with Crippen LogP contribution in [0.1, 0.15) is 65.9 Å². The van der Waals surface area contributed by atoms with Gasteiger partial charge in [0.05, 0.1) is 4.99 Å². The largest absolute Gasteiger partial charge is 0.377 e. The third-order valence-electron chi connectivity index (χ3n) is 7.62. The van der Waals surface area contributed by atoms with Crippen molar-refractivity contribution in [3.63, 3.8) is 0 Å². The maximum Gasteiger partial charge on any atom is 0.230 e. The van der Waals surface area contributed by atoms with Gasteiger partial charge in [-0.25, -0.2) is 4.39 Å². The highest BCUT2D eigenvalue weighted by atomic mass is 32.1. The van der Waals surface area contributed by atoms with Crippen LogP contribution in [0.25, 0.3) is 0 Å². The van der Waals surface area contributed by atoms with Gasteiger partial charge in [0.1, 0.15) is 5.82 Å². The predicted octanol–water partition coefficient (Wildman–Crippen LogP) is 5.85. The minimum atomic E-state index is -0.503. The third kappa shape index (κ3) is 7.10. The van der Waals surface area contributed by atoms with Gasteiger partial charge >= 0.3 is 0 Å². The van der Waals surface area contributed by atoms with E-state index in [-0.39, 0.29) is 23.7 Å². The standard InChI is InChI=1S/C29H41FN4OS/c1-19(2)14-20-15-21(17-29(5,16-20)26(35)34-24-10-12-32-13-11-24)25(31)18-33-27(36)28(3,4)22-6-8-23(30)9-7-22/h6-13,19-21,25H,14-18,31H2,1-5H3,(H,33,36)(H,32,34,35). The Hall–Kier alpha value is -2.38. The SMILES string of the molecule is CC(C)CC1CC(C(N)CNC(=S)C(C)(C)c2ccc(F)cc2)CC(C)(C(=O)Nc2ccncc2)C1. The van der Waals surface area contributed by atoms with Gasteiger partial charge in [-0.2, -0.15) is 0 Å². The van der Waals surface area contributed by atoms with Gasteiger partial charge in [0.25, 0.3) is 0 Å². The number of hydrogen-bond donors (Lipinski definition) is 3. The maximum absolute atomic E-state index is 13.4. The van der Waals surface area contributed by atoms with Crippen molar-refractivity contribution in [3.05, 3.63) is 60.2 Å². The molecular formula is C29H41FN4OS. The molecule has 0 radical (unpaired) electrons. The molecule has 2 aromatic rings. The molecule has 4 unspecified atom stereocenters. The number of amides is 1. The first-order valence-corrected chi connectivity index (χ1v) is 13.3. The number of benzene rings is 1. The van der Waals surface area contributed by atoms with E-state index < -0.39 is 10.8 Å². The molecule has 36 heavy (non-hydrogen) atoms. The number of aromatic nitrogens is 1. The van der Waals surface area contributed by atoms with E-state index in [0.717, 1.165) is 36.9 Å². The number of nitrogens with zero attached hydrogens (tertiary/aromatic N) is 1. The van der Waals surface area contributed by atoms with Crippen molar-refractivity contribution >= 4 is 28.8 Å². The van der Waals surface area contributed by atoms with E-state index in [4.69, 9.17) is 18.0 Å². The molecule has 1 aromatic heterocycles. The molecule has 5 nitrogen and oxygen atoms in total. The topological polar surface area (TPSA) is 80.0 Å². The van der Waals surface area contributed by atoms with Crippen molar-refractivity contribution < 1.29 is 9.18 Å². The zero-order valence-electron chi connectivity index (χ0n) is 22.2. The predicted molar refractivity (Wildman–Crippen MR) is 149 cm³/mol. The van der Waals surface area contributed by atoms with E-state index in [9.17, 15) is 9.18 Å². The fourth-order valence-electron chi connectivity index (χ4n) is 5.56. The lowest BCUT2D eigenvalue weighted by molar-refractivity contribution is -0.128. The Balaban J connectivity index is 1.69. The van der Waals surface area contributed by atoms with E-state index in [1.165, 1.54) is 12.1 Å². The van der Waals surface area contributed by atoms with E-state index >= 15 is 0 Å². The Bertz CT molecular complexity index is 1030. The summed E-state index contributed by atoms with van der Waals surface area (Å²) in [6, 6.07) is 9.94. The summed E-state index contributed by atoms with van der Waals surface area (Å²) in [4.78, 5) is 18.1. The van der Waals surface area contributed by atoms with Crippen LogP contribution in [0.15, 0.2) is 48.8 Å². The van der Waals surface area contributed by atoms with Gasteiger partial charge in [0.2, 0.25) is 5.91 Å². The number of carbonyl (C=O) groups is 1. The molecule has 4 atom stereocenters. The van der Waals surface area contributed by atoms with Crippen molar-refractivity contribution in [1.82, 2.24) is 10.3 Å². The van der Waals surface area contributed by atoms with Crippen LogP contribution in [0.5, 0.6) is 0 Å². The number of pyridine rings is 1. The van der Waals surface area contributed by atoms with Crippen LogP contribution in [0.3, 0.4) is 0 Å². The van der Waals surface area contributed by atoms with Crippen LogP contribution in [0.4, 0.5) is 10.1 Å². The molecule has 1 heterocycles. The van der Waals surface area contributed by atoms with Crippen LogP contribution in [-0.2, 0) is 10.2 Å². The van der Waals surface area contributed by atoms with E-state index in [1.807, 2.05) is 26.0 Å². The fourth-order valence-corrected chi connectivity index (χ4v) is 5.77. The number of nitrogens with two attached hydrogens (primary N) is 1. The molecule has 1 aliphatic rings. The highest BCUT2D eigenvalue weighted by Gasteiger charge is 2.44. The van der Waals surface area contributed by atoms with Crippen molar-refractivity contribution in [3.8, 4) is 0 Å². The van der Waals surface area contributed by atoms with Crippen LogP contribution in [0.2, 0.25) is 0 Å². The Morgan fingerprint density at radius 1 is 1.19 bits per heavy atom. The zero-order valence-corrected chi connectivity index (χ0v) is 23.0. The van der Waals surface area contributed by atoms with Crippen molar-refractivity contribution in [1.29, 1.82) is 0 Å². The Kier molecular flexibility index (Phi) is 9.23. The number of carbonyl (C=O) groups excluding carboxylic acids is 1. The van der Waals surface area contributed by atoms with Crippen molar-refractivity contribution in [2.24, 2.45) is 28.9 Å². The van der Waals surface area contributed by atoms with Crippen molar-refractivity contribution in [2.75, 3.05) is 11.9 Å². The fraction of sp³-hybridized carbons (Fsp3) is 0.552. The first-order valence-electron chi connectivity index (χ1n) is 12.9. The van der Waals surface area contributed by atoms with E-state index in [0.29, 0.717) is 23.4 Å². The van der Waals surface area contributed by atoms with Gasteiger partial charge in [-0.1, -0.05) is 45.1 Å². The molecule has 1 fully saturated rings. The summed E-state index contributed by atoms with van der Waals surface area (Å²) in [7, 11) is 0. The summed E-state index contributed by atoms with van der Waals surface area (Å²) in [6.45, 7) is 11.1. The first kappa shape index (κ1) is 28.2.